The van der Waals surface area contributed by atoms with Gasteiger partial charge in [-0.05, 0) is 77.7 Å². The molecule has 1 unspecified atom stereocenters. The lowest BCUT2D eigenvalue weighted by molar-refractivity contribution is -0.117. The summed E-state index contributed by atoms with van der Waals surface area (Å²) in [6.45, 7) is 3.98. The zero-order valence-electron chi connectivity index (χ0n) is 19.2. The van der Waals surface area contributed by atoms with Crippen molar-refractivity contribution in [1.29, 1.82) is 0 Å². The van der Waals surface area contributed by atoms with Gasteiger partial charge in [0.05, 0.1) is 11.5 Å². The maximum Gasteiger partial charge on any atom is 0.335 e. The van der Waals surface area contributed by atoms with Gasteiger partial charge in [-0.15, -0.1) is 0 Å². The molecule has 172 valence electrons. The van der Waals surface area contributed by atoms with E-state index in [2.05, 4.69) is 10.3 Å². The largest absolute Gasteiger partial charge is 0.478 e. The number of carboxylic acids is 1. The molecule has 1 aromatic heterocycles. The Bertz CT molecular complexity index is 1380. The fourth-order valence-electron chi connectivity index (χ4n) is 4.30. The van der Waals surface area contributed by atoms with Crippen LogP contribution in [0.4, 0.5) is 5.69 Å². The van der Waals surface area contributed by atoms with E-state index in [1.54, 1.807) is 18.5 Å². The summed E-state index contributed by atoms with van der Waals surface area (Å²) in [6.07, 6.45) is 4.08. The highest BCUT2D eigenvalue weighted by Crippen LogP contribution is 2.25. The van der Waals surface area contributed by atoms with E-state index >= 15 is 0 Å². The number of aryl methyl sites for hydroxylation is 1. The van der Waals surface area contributed by atoms with E-state index in [1.807, 2.05) is 68.4 Å². The molecule has 4 rings (SSSR count). The Kier molecular flexibility index (Phi) is 6.70. The SMILES string of the molecule is Cc1ccc(C(=O)O)c(C)c1Cc1cccc(C(CN)C(=O)Nc2ccc3cnccc3c2)c1. The number of benzene rings is 3. The predicted molar refractivity (Wildman–Crippen MR) is 134 cm³/mol. The van der Waals surface area contributed by atoms with Crippen LogP contribution >= 0.6 is 0 Å². The molecule has 0 aliphatic rings. The number of carbonyl (C=O) groups is 2. The van der Waals surface area contributed by atoms with Crippen LogP contribution in [0.25, 0.3) is 10.8 Å². The molecular formula is C28H27N3O3. The molecule has 0 saturated heterocycles. The van der Waals surface area contributed by atoms with Crippen molar-refractivity contribution in [3.05, 3.63) is 106 Å². The Balaban J connectivity index is 1.57. The van der Waals surface area contributed by atoms with Crippen molar-refractivity contribution < 1.29 is 14.7 Å². The van der Waals surface area contributed by atoms with Gasteiger partial charge in [-0.2, -0.15) is 0 Å². The van der Waals surface area contributed by atoms with Crippen molar-refractivity contribution >= 4 is 28.3 Å². The maximum absolute atomic E-state index is 13.1. The number of hydrogen-bond donors (Lipinski definition) is 3. The van der Waals surface area contributed by atoms with Crippen LogP contribution in [0.3, 0.4) is 0 Å². The molecule has 3 aromatic carbocycles. The third kappa shape index (κ3) is 4.82. The van der Waals surface area contributed by atoms with Crippen LogP contribution in [0.15, 0.2) is 73.1 Å². The third-order valence-electron chi connectivity index (χ3n) is 6.26. The summed E-state index contributed by atoms with van der Waals surface area (Å²) in [5, 5.41) is 14.5. The zero-order chi connectivity index (χ0) is 24.2. The molecule has 1 amide bonds. The van der Waals surface area contributed by atoms with Crippen LogP contribution in [0.5, 0.6) is 0 Å². The molecule has 6 nitrogen and oxygen atoms in total. The number of pyridine rings is 1. The highest BCUT2D eigenvalue weighted by atomic mass is 16.4. The molecule has 1 heterocycles. The van der Waals surface area contributed by atoms with Gasteiger partial charge in [0.15, 0.2) is 0 Å². The second-order valence-electron chi connectivity index (χ2n) is 8.48. The van der Waals surface area contributed by atoms with Crippen molar-refractivity contribution in [2.45, 2.75) is 26.2 Å². The summed E-state index contributed by atoms with van der Waals surface area (Å²) >= 11 is 0. The molecule has 0 bridgehead atoms. The molecule has 34 heavy (non-hydrogen) atoms. The van der Waals surface area contributed by atoms with Gasteiger partial charge in [0.2, 0.25) is 5.91 Å². The van der Waals surface area contributed by atoms with Crippen molar-refractivity contribution in [3.8, 4) is 0 Å². The van der Waals surface area contributed by atoms with Crippen LogP contribution in [0.1, 0.15) is 44.1 Å². The predicted octanol–water partition coefficient (Wildman–Crippen LogP) is 4.82. The number of carboxylic acid groups (broad SMARTS) is 1. The molecule has 0 radical (unpaired) electrons. The Labute approximate surface area is 198 Å². The topological polar surface area (TPSA) is 105 Å². The molecule has 0 aliphatic heterocycles. The van der Waals surface area contributed by atoms with E-state index in [1.165, 1.54) is 0 Å². The molecule has 4 N–H and O–H groups in total. The van der Waals surface area contributed by atoms with Gasteiger partial charge in [0, 0.05) is 30.0 Å². The zero-order valence-corrected chi connectivity index (χ0v) is 19.2. The summed E-state index contributed by atoms with van der Waals surface area (Å²) in [4.78, 5) is 28.8. The normalized spacial score (nSPS) is 11.9. The average Bonchev–Trinajstić information content (AvgIpc) is 2.82. The smallest absolute Gasteiger partial charge is 0.335 e. The number of amides is 1. The molecule has 0 fully saturated rings. The standard InChI is InChI=1S/C28H27N3O3/c1-17-6-9-24(28(33)34)18(2)25(17)13-19-4-3-5-21(12-19)26(15-29)27(32)31-23-8-7-22-16-30-11-10-20(22)14-23/h3-12,14,16,26H,13,15,29H2,1-2H3,(H,31,32)(H,33,34). The van der Waals surface area contributed by atoms with Crippen molar-refractivity contribution in [1.82, 2.24) is 4.98 Å². The second kappa shape index (κ2) is 9.85. The van der Waals surface area contributed by atoms with E-state index in [-0.39, 0.29) is 12.5 Å². The first-order valence-electron chi connectivity index (χ1n) is 11.1. The first-order valence-corrected chi connectivity index (χ1v) is 11.1. The lowest BCUT2D eigenvalue weighted by Crippen LogP contribution is -2.27. The summed E-state index contributed by atoms with van der Waals surface area (Å²) in [5.74, 6) is -1.62. The number of carbonyl (C=O) groups excluding carboxylic acids is 1. The molecular weight excluding hydrogens is 426 g/mol. The minimum atomic E-state index is -0.933. The Hall–Kier alpha value is -4.03. The fraction of sp³-hybridized carbons (Fsp3) is 0.179. The van der Waals surface area contributed by atoms with Gasteiger partial charge in [-0.3, -0.25) is 9.78 Å². The minimum Gasteiger partial charge on any atom is -0.478 e. The Morgan fingerprint density at radius 3 is 2.62 bits per heavy atom. The van der Waals surface area contributed by atoms with Crippen LogP contribution in [0, 0.1) is 13.8 Å². The summed E-state index contributed by atoms with van der Waals surface area (Å²) in [6, 6.07) is 18.9. The van der Waals surface area contributed by atoms with Gasteiger partial charge in [0.1, 0.15) is 0 Å². The average molecular weight is 454 g/mol. The number of fused-ring (bicyclic) bond motifs is 1. The van der Waals surface area contributed by atoms with Crippen molar-refractivity contribution in [3.63, 3.8) is 0 Å². The molecule has 0 spiro atoms. The van der Waals surface area contributed by atoms with Crippen LogP contribution in [0.2, 0.25) is 0 Å². The van der Waals surface area contributed by atoms with Crippen molar-refractivity contribution in [2.75, 3.05) is 11.9 Å². The Morgan fingerprint density at radius 1 is 1.03 bits per heavy atom. The van der Waals surface area contributed by atoms with Gasteiger partial charge >= 0.3 is 5.97 Å². The first-order chi connectivity index (χ1) is 16.4. The molecule has 6 heteroatoms. The van der Waals surface area contributed by atoms with Crippen LogP contribution < -0.4 is 11.1 Å². The number of nitrogens with zero attached hydrogens (tertiary/aromatic N) is 1. The highest BCUT2D eigenvalue weighted by Gasteiger charge is 2.20. The van der Waals surface area contributed by atoms with Gasteiger partial charge in [-0.1, -0.05) is 36.4 Å². The molecule has 0 aliphatic carbocycles. The first kappa shape index (κ1) is 23.1. The second-order valence-corrected chi connectivity index (χ2v) is 8.48. The monoisotopic (exact) mass is 453 g/mol. The van der Waals surface area contributed by atoms with Crippen LogP contribution in [-0.4, -0.2) is 28.5 Å². The number of nitrogens with one attached hydrogen (secondary N) is 1. The van der Waals surface area contributed by atoms with E-state index in [9.17, 15) is 14.7 Å². The summed E-state index contributed by atoms with van der Waals surface area (Å²) in [5.41, 5.74) is 11.6. The van der Waals surface area contributed by atoms with E-state index < -0.39 is 11.9 Å². The lowest BCUT2D eigenvalue weighted by Gasteiger charge is -2.18. The van der Waals surface area contributed by atoms with Gasteiger partial charge in [0.25, 0.3) is 0 Å². The minimum absolute atomic E-state index is 0.166. The fourth-order valence-corrected chi connectivity index (χ4v) is 4.30. The van der Waals surface area contributed by atoms with Gasteiger partial charge in [-0.25, -0.2) is 4.79 Å². The number of nitrogens with two attached hydrogens (primary N) is 1. The summed E-state index contributed by atoms with van der Waals surface area (Å²) < 4.78 is 0. The molecule has 0 saturated carbocycles. The van der Waals surface area contributed by atoms with Crippen molar-refractivity contribution in [2.24, 2.45) is 5.73 Å². The number of rotatable bonds is 7. The number of hydrogen-bond acceptors (Lipinski definition) is 4. The third-order valence-corrected chi connectivity index (χ3v) is 6.26. The maximum atomic E-state index is 13.1. The molecule has 4 aromatic rings. The quantitative estimate of drug-likeness (QED) is 0.372. The summed E-state index contributed by atoms with van der Waals surface area (Å²) in [7, 11) is 0. The molecule has 1 atom stereocenters. The van der Waals surface area contributed by atoms with E-state index in [0.29, 0.717) is 17.7 Å². The van der Waals surface area contributed by atoms with Crippen LogP contribution in [-0.2, 0) is 11.2 Å². The number of aromatic carboxylic acids is 1. The van der Waals surface area contributed by atoms with Gasteiger partial charge < -0.3 is 16.2 Å². The highest BCUT2D eigenvalue weighted by molar-refractivity contribution is 5.98. The number of anilines is 1. The number of aromatic nitrogens is 1. The Morgan fingerprint density at radius 2 is 1.85 bits per heavy atom. The van der Waals surface area contributed by atoms with E-state index in [4.69, 9.17) is 5.73 Å². The van der Waals surface area contributed by atoms with E-state index in [0.717, 1.165) is 38.6 Å². The lowest BCUT2D eigenvalue weighted by atomic mass is 9.90.